The molecule has 3 aromatic carbocycles. The van der Waals surface area contributed by atoms with Gasteiger partial charge in [0.2, 0.25) is 5.91 Å². The molecule has 7 rings (SSSR count). The van der Waals surface area contributed by atoms with Crippen molar-refractivity contribution < 1.29 is 29.0 Å². The van der Waals surface area contributed by atoms with E-state index in [4.69, 9.17) is 9.47 Å². The Kier molecular flexibility index (Phi) is 7.76. The second-order valence-corrected chi connectivity index (χ2v) is 13.0. The summed E-state index contributed by atoms with van der Waals surface area (Å²) in [5, 5.41) is 12.4. The maximum atomic E-state index is 14.5. The molecule has 1 N–H and O–H groups in total. The van der Waals surface area contributed by atoms with Gasteiger partial charge < -0.3 is 29.3 Å². The molecule has 3 atom stereocenters. The molecule has 1 unspecified atom stereocenters. The number of nitrogens with zero attached hydrogens (tertiary/aromatic N) is 5. The summed E-state index contributed by atoms with van der Waals surface area (Å²) in [4.78, 5) is 51.9. The molecule has 242 valence electrons. The van der Waals surface area contributed by atoms with Crippen molar-refractivity contribution in [3.05, 3.63) is 65.7 Å². The molecule has 4 fully saturated rings. The summed E-state index contributed by atoms with van der Waals surface area (Å²) >= 11 is 0. The molecule has 0 radical (unpaired) electrons. The first-order valence-corrected chi connectivity index (χ1v) is 16.0. The third kappa shape index (κ3) is 4.84. The van der Waals surface area contributed by atoms with Crippen molar-refractivity contribution >= 4 is 34.3 Å². The third-order valence-corrected chi connectivity index (χ3v) is 10.3. The molecule has 4 saturated heterocycles. The number of amides is 4. The number of rotatable bonds is 8. The van der Waals surface area contributed by atoms with Crippen LogP contribution in [-0.4, -0.2) is 122 Å². The van der Waals surface area contributed by atoms with E-state index in [0.717, 1.165) is 35.1 Å². The molecule has 0 saturated carbocycles. The van der Waals surface area contributed by atoms with E-state index in [2.05, 4.69) is 34.1 Å². The molecule has 11 heteroatoms. The van der Waals surface area contributed by atoms with Crippen molar-refractivity contribution in [3.63, 3.8) is 0 Å². The zero-order valence-electron chi connectivity index (χ0n) is 26.6. The molecule has 0 aliphatic carbocycles. The van der Waals surface area contributed by atoms with Crippen molar-refractivity contribution in [1.82, 2.24) is 19.6 Å². The van der Waals surface area contributed by atoms with Gasteiger partial charge in [0, 0.05) is 63.8 Å². The van der Waals surface area contributed by atoms with Crippen LogP contribution in [0.15, 0.2) is 54.6 Å². The number of methoxy groups -OCH3 is 1. The molecular formula is C35H41N5O6. The number of urea groups is 1. The number of carbonyl (C=O) groups excluding carboxylic acids is 3. The summed E-state index contributed by atoms with van der Waals surface area (Å²) in [5.74, 6) is -0.241. The Bertz CT molecular complexity index is 1690. The second kappa shape index (κ2) is 11.8. The Labute approximate surface area is 268 Å². The SMILES string of the molecule is COc1ccc(CC(=O)N2C[C@H]3C[C@@H](c4ccc(N(C)C)c5ccccc45)N4C(=O)N(CCN5CCOCC5)C(=O)C34C2)cc1O. The second-order valence-electron chi connectivity index (χ2n) is 13.0. The highest BCUT2D eigenvalue weighted by molar-refractivity contribution is 6.09. The van der Waals surface area contributed by atoms with Crippen LogP contribution < -0.4 is 9.64 Å². The Morgan fingerprint density at radius 2 is 1.80 bits per heavy atom. The topological polar surface area (TPSA) is 106 Å². The first kappa shape index (κ1) is 30.3. The first-order chi connectivity index (χ1) is 22.2. The first-order valence-electron chi connectivity index (χ1n) is 16.0. The number of phenolic OH excluding ortho intramolecular Hbond substituents is 1. The van der Waals surface area contributed by atoms with Crippen LogP contribution >= 0.6 is 0 Å². The minimum Gasteiger partial charge on any atom is -0.504 e. The molecule has 4 aliphatic rings. The average Bonchev–Trinajstić information content (AvgIpc) is 3.65. The Hall–Kier alpha value is -4.35. The smallest absolute Gasteiger partial charge is 0.328 e. The number of benzene rings is 3. The predicted molar refractivity (Wildman–Crippen MR) is 173 cm³/mol. The van der Waals surface area contributed by atoms with E-state index >= 15 is 0 Å². The lowest BCUT2D eigenvalue weighted by Crippen LogP contribution is -2.52. The highest BCUT2D eigenvalue weighted by atomic mass is 16.5. The molecule has 3 aromatic rings. The van der Waals surface area contributed by atoms with E-state index in [0.29, 0.717) is 50.6 Å². The van der Waals surface area contributed by atoms with E-state index in [9.17, 15) is 19.5 Å². The van der Waals surface area contributed by atoms with Gasteiger partial charge in [-0.25, -0.2) is 4.79 Å². The van der Waals surface area contributed by atoms with Gasteiger partial charge in [-0.1, -0.05) is 36.4 Å². The monoisotopic (exact) mass is 627 g/mol. The van der Waals surface area contributed by atoms with Gasteiger partial charge in [0.1, 0.15) is 5.54 Å². The van der Waals surface area contributed by atoms with Crippen molar-refractivity contribution in [2.45, 2.75) is 24.4 Å². The number of carbonyl (C=O) groups is 3. The third-order valence-electron chi connectivity index (χ3n) is 10.3. The molecule has 1 spiro atoms. The van der Waals surface area contributed by atoms with Crippen LogP contribution in [0.25, 0.3) is 10.8 Å². The van der Waals surface area contributed by atoms with Gasteiger partial charge >= 0.3 is 6.03 Å². The standard InChI is InChI=1S/C35H41N5O6/c1-36(2)28-10-9-27(25-6-4-5-7-26(25)28)29-20-24-21-38(32(42)19-23-8-11-31(45-3)30(41)18-23)22-35(24)33(43)39(34(44)40(29)35)13-12-37-14-16-46-17-15-37/h4-11,18,24,29,41H,12-17,19-22H2,1-3H3/t24-,29+,35?/m1/s1. The fourth-order valence-electron chi connectivity index (χ4n) is 8.04. The molecular weight excluding hydrogens is 586 g/mol. The van der Waals surface area contributed by atoms with Gasteiger partial charge in [0.25, 0.3) is 5.91 Å². The minimum atomic E-state index is -1.12. The number of imide groups is 1. The van der Waals surface area contributed by atoms with E-state index in [-0.39, 0.29) is 48.5 Å². The summed E-state index contributed by atoms with van der Waals surface area (Å²) in [6.45, 7) is 4.24. The van der Waals surface area contributed by atoms with E-state index in [1.165, 1.54) is 18.1 Å². The number of hydrogen-bond donors (Lipinski definition) is 1. The quantitative estimate of drug-likeness (QED) is 0.380. The van der Waals surface area contributed by atoms with E-state index in [1.54, 1.807) is 17.0 Å². The molecule has 4 amide bonds. The highest BCUT2D eigenvalue weighted by Crippen LogP contribution is 2.55. The number of morpholine rings is 1. The normalized spacial score (nSPS) is 24.5. The number of likely N-dealkylation sites (tertiary alicyclic amines) is 1. The minimum absolute atomic E-state index is 0.0290. The number of ether oxygens (including phenoxy) is 2. The number of hydrogen-bond acceptors (Lipinski definition) is 8. The number of fused-ring (bicyclic) bond motifs is 1. The van der Waals surface area contributed by atoms with Crippen LogP contribution in [0.1, 0.15) is 23.6 Å². The molecule has 46 heavy (non-hydrogen) atoms. The Balaban J connectivity index is 1.22. The van der Waals surface area contributed by atoms with Crippen LogP contribution in [0.3, 0.4) is 0 Å². The summed E-state index contributed by atoms with van der Waals surface area (Å²) in [7, 11) is 5.51. The summed E-state index contributed by atoms with van der Waals surface area (Å²) in [6, 6.07) is 16.8. The maximum absolute atomic E-state index is 14.5. The van der Waals surface area contributed by atoms with Gasteiger partial charge in [-0.15, -0.1) is 0 Å². The molecule has 0 bridgehead atoms. The van der Waals surface area contributed by atoms with Crippen LogP contribution in [0.4, 0.5) is 10.5 Å². The van der Waals surface area contributed by atoms with Crippen molar-refractivity contribution in [2.24, 2.45) is 5.92 Å². The summed E-state index contributed by atoms with van der Waals surface area (Å²) < 4.78 is 10.6. The number of anilines is 1. The number of aromatic hydroxyl groups is 1. The highest BCUT2D eigenvalue weighted by Gasteiger charge is 2.70. The zero-order valence-corrected chi connectivity index (χ0v) is 26.6. The summed E-state index contributed by atoms with van der Waals surface area (Å²) in [6.07, 6.45) is 0.663. The predicted octanol–water partition coefficient (Wildman–Crippen LogP) is 3.10. The van der Waals surface area contributed by atoms with Gasteiger partial charge in [-0.3, -0.25) is 19.4 Å². The van der Waals surface area contributed by atoms with Crippen molar-refractivity contribution in [2.75, 3.05) is 78.6 Å². The van der Waals surface area contributed by atoms with Crippen molar-refractivity contribution in [3.8, 4) is 11.5 Å². The number of phenols is 1. The lowest BCUT2D eigenvalue weighted by Gasteiger charge is -2.32. The lowest BCUT2D eigenvalue weighted by molar-refractivity contribution is -0.134. The molecule has 4 aliphatic heterocycles. The van der Waals surface area contributed by atoms with Crippen LogP contribution in [0.5, 0.6) is 11.5 Å². The van der Waals surface area contributed by atoms with Crippen LogP contribution in [0.2, 0.25) is 0 Å². The lowest BCUT2D eigenvalue weighted by atomic mass is 9.87. The largest absolute Gasteiger partial charge is 0.504 e. The molecule has 11 nitrogen and oxygen atoms in total. The van der Waals surface area contributed by atoms with Gasteiger partial charge in [-0.05, 0) is 41.1 Å². The van der Waals surface area contributed by atoms with Crippen LogP contribution in [-0.2, 0) is 20.7 Å². The van der Waals surface area contributed by atoms with Crippen LogP contribution in [0, 0.1) is 5.92 Å². The zero-order chi connectivity index (χ0) is 32.2. The Morgan fingerprint density at radius 3 is 2.52 bits per heavy atom. The molecule has 0 aromatic heterocycles. The van der Waals surface area contributed by atoms with Gasteiger partial charge in [0.15, 0.2) is 11.5 Å². The van der Waals surface area contributed by atoms with E-state index < -0.39 is 5.54 Å². The van der Waals surface area contributed by atoms with Gasteiger partial charge in [-0.2, -0.15) is 0 Å². The average molecular weight is 628 g/mol. The Morgan fingerprint density at radius 1 is 1.04 bits per heavy atom. The fourth-order valence-corrected chi connectivity index (χ4v) is 8.04. The molecule has 4 heterocycles. The fraction of sp³-hybridized carbons (Fsp3) is 0.457. The van der Waals surface area contributed by atoms with Crippen molar-refractivity contribution in [1.29, 1.82) is 0 Å². The van der Waals surface area contributed by atoms with E-state index in [1.807, 2.05) is 31.1 Å². The maximum Gasteiger partial charge on any atom is 0.328 e. The van der Waals surface area contributed by atoms with Gasteiger partial charge in [0.05, 0.1) is 39.3 Å². The summed E-state index contributed by atoms with van der Waals surface area (Å²) in [5.41, 5.74) is 1.65.